The zero-order chi connectivity index (χ0) is 22.4. The van der Waals surface area contributed by atoms with Gasteiger partial charge in [-0.1, -0.05) is 12.1 Å². The van der Waals surface area contributed by atoms with E-state index in [1.54, 1.807) is 36.4 Å². The minimum absolute atomic E-state index is 0.108. The van der Waals surface area contributed by atoms with Crippen LogP contribution in [0.2, 0.25) is 0 Å². The van der Waals surface area contributed by atoms with Gasteiger partial charge in [0.1, 0.15) is 0 Å². The average molecular weight is 421 g/mol. The third kappa shape index (κ3) is 5.51. The van der Waals surface area contributed by atoms with Crippen LogP contribution in [0.4, 0.5) is 17.1 Å². The minimum atomic E-state index is -1.05. The third-order valence-corrected chi connectivity index (χ3v) is 4.44. The van der Waals surface area contributed by atoms with E-state index in [9.17, 15) is 14.4 Å². The maximum atomic E-state index is 12.6. The highest BCUT2D eigenvalue weighted by Gasteiger charge is 2.22. The van der Waals surface area contributed by atoms with Crippen LogP contribution >= 0.6 is 0 Å². The van der Waals surface area contributed by atoms with Gasteiger partial charge in [0.2, 0.25) is 0 Å². The second kappa shape index (κ2) is 9.62. The molecule has 1 aromatic heterocycles. The van der Waals surface area contributed by atoms with E-state index in [0.717, 1.165) is 5.69 Å². The predicted molar refractivity (Wildman–Crippen MR) is 117 cm³/mol. The molecular weight excluding hydrogens is 398 g/mol. The van der Waals surface area contributed by atoms with Gasteiger partial charge >= 0.3 is 5.97 Å². The number of ether oxygens (including phenoxy) is 1. The fraction of sp³-hybridized carbons (Fsp3) is 0.174. The highest BCUT2D eigenvalue weighted by Crippen LogP contribution is 2.19. The molecule has 3 rings (SSSR count). The van der Waals surface area contributed by atoms with Crippen molar-refractivity contribution >= 4 is 34.8 Å². The topological polar surface area (TPSA) is 101 Å². The smallest absolute Gasteiger partial charge is 0.341 e. The monoisotopic (exact) mass is 421 g/mol. The lowest BCUT2D eigenvalue weighted by atomic mass is 10.1. The first kappa shape index (κ1) is 21.6. The SMILES string of the molecule is C[C@H](OC(=O)c1ccccc1NC(=O)c1ccco1)C(=O)Nc1ccc(N(C)C)cc1. The predicted octanol–water partition coefficient (Wildman–Crippen LogP) is 3.78. The number of hydrogen-bond acceptors (Lipinski definition) is 6. The van der Waals surface area contributed by atoms with Gasteiger partial charge in [0, 0.05) is 25.5 Å². The van der Waals surface area contributed by atoms with Crippen molar-refractivity contribution in [2.75, 3.05) is 29.6 Å². The van der Waals surface area contributed by atoms with E-state index in [4.69, 9.17) is 9.15 Å². The molecule has 0 fully saturated rings. The van der Waals surface area contributed by atoms with Gasteiger partial charge in [0.05, 0.1) is 17.5 Å². The first-order valence-electron chi connectivity index (χ1n) is 9.58. The molecule has 0 spiro atoms. The molecule has 2 N–H and O–H groups in total. The largest absolute Gasteiger partial charge is 0.459 e. The van der Waals surface area contributed by atoms with Gasteiger partial charge < -0.3 is 24.7 Å². The average Bonchev–Trinajstić information content (AvgIpc) is 3.29. The van der Waals surface area contributed by atoms with Crippen molar-refractivity contribution in [1.29, 1.82) is 0 Å². The summed E-state index contributed by atoms with van der Waals surface area (Å²) < 4.78 is 10.4. The van der Waals surface area contributed by atoms with Gasteiger partial charge in [-0.25, -0.2) is 4.79 Å². The van der Waals surface area contributed by atoms with Gasteiger partial charge in [-0.2, -0.15) is 0 Å². The van der Waals surface area contributed by atoms with Crippen LogP contribution < -0.4 is 15.5 Å². The first-order valence-corrected chi connectivity index (χ1v) is 9.58. The van der Waals surface area contributed by atoms with Crippen LogP contribution in [0.1, 0.15) is 27.8 Å². The van der Waals surface area contributed by atoms with Crippen LogP contribution in [0.3, 0.4) is 0 Å². The zero-order valence-corrected chi connectivity index (χ0v) is 17.4. The Morgan fingerprint density at radius 3 is 2.29 bits per heavy atom. The van der Waals surface area contributed by atoms with Crippen LogP contribution in [0.5, 0.6) is 0 Å². The van der Waals surface area contributed by atoms with E-state index in [0.29, 0.717) is 5.69 Å². The molecule has 0 saturated heterocycles. The Bertz CT molecular complexity index is 1060. The number of para-hydroxylation sites is 1. The van der Waals surface area contributed by atoms with Gasteiger partial charge in [0.15, 0.2) is 11.9 Å². The van der Waals surface area contributed by atoms with E-state index in [2.05, 4.69) is 10.6 Å². The summed E-state index contributed by atoms with van der Waals surface area (Å²) in [5.74, 6) is -1.60. The molecule has 0 aliphatic carbocycles. The van der Waals surface area contributed by atoms with Crippen LogP contribution in [0.25, 0.3) is 0 Å². The maximum absolute atomic E-state index is 12.6. The molecule has 0 unspecified atom stereocenters. The summed E-state index contributed by atoms with van der Waals surface area (Å²) in [5, 5.41) is 5.33. The molecule has 0 radical (unpaired) electrons. The third-order valence-electron chi connectivity index (χ3n) is 4.44. The number of benzene rings is 2. The summed E-state index contributed by atoms with van der Waals surface area (Å²) in [4.78, 5) is 39.2. The van der Waals surface area contributed by atoms with Gasteiger partial charge in [0.25, 0.3) is 11.8 Å². The highest BCUT2D eigenvalue weighted by atomic mass is 16.5. The number of anilines is 3. The number of rotatable bonds is 7. The van der Waals surface area contributed by atoms with E-state index in [1.807, 2.05) is 31.1 Å². The van der Waals surface area contributed by atoms with Gasteiger partial charge in [-0.3, -0.25) is 9.59 Å². The lowest BCUT2D eigenvalue weighted by Gasteiger charge is -2.16. The molecule has 0 bridgehead atoms. The van der Waals surface area contributed by atoms with Crippen molar-refractivity contribution in [3.8, 4) is 0 Å². The molecule has 0 aliphatic rings. The van der Waals surface area contributed by atoms with E-state index < -0.39 is 23.9 Å². The minimum Gasteiger partial charge on any atom is -0.459 e. The van der Waals surface area contributed by atoms with E-state index >= 15 is 0 Å². The van der Waals surface area contributed by atoms with Gasteiger partial charge in [-0.15, -0.1) is 0 Å². The Labute approximate surface area is 179 Å². The number of nitrogens with one attached hydrogen (secondary N) is 2. The molecular formula is C23H23N3O5. The van der Waals surface area contributed by atoms with Crippen LogP contribution in [0.15, 0.2) is 71.3 Å². The molecule has 3 aromatic rings. The zero-order valence-electron chi connectivity index (χ0n) is 17.4. The summed E-state index contributed by atoms with van der Waals surface area (Å²) in [7, 11) is 3.84. The Balaban J connectivity index is 1.64. The highest BCUT2D eigenvalue weighted by molar-refractivity contribution is 6.07. The number of amides is 2. The van der Waals surface area contributed by atoms with Crippen molar-refractivity contribution in [3.63, 3.8) is 0 Å². The number of carbonyl (C=O) groups excluding carboxylic acids is 3. The first-order chi connectivity index (χ1) is 14.8. The molecule has 160 valence electrons. The summed E-state index contributed by atoms with van der Waals surface area (Å²) in [6, 6.07) is 16.7. The Hall–Kier alpha value is -4.07. The molecule has 1 atom stereocenters. The lowest BCUT2D eigenvalue weighted by Crippen LogP contribution is -2.30. The summed E-state index contributed by atoms with van der Waals surface area (Å²) >= 11 is 0. The van der Waals surface area contributed by atoms with Crippen LogP contribution in [-0.4, -0.2) is 38.0 Å². The fourth-order valence-electron chi connectivity index (χ4n) is 2.73. The number of hydrogen-bond donors (Lipinski definition) is 2. The quantitative estimate of drug-likeness (QED) is 0.563. The van der Waals surface area contributed by atoms with E-state index in [-0.39, 0.29) is 17.0 Å². The molecule has 0 saturated carbocycles. The van der Waals surface area contributed by atoms with Crippen molar-refractivity contribution in [1.82, 2.24) is 0 Å². The molecule has 2 amide bonds. The standard InChI is InChI=1S/C23H23N3O5/c1-15(21(27)24-16-10-12-17(13-11-16)26(2)3)31-23(29)18-7-4-5-8-19(18)25-22(28)20-9-6-14-30-20/h4-15H,1-3H3,(H,24,27)(H,25,28)/t15-/m0/s1. The molecule has 2 aromatic carbocycles. The van der Waals surface area contributed by atoms with Crippen LogP contribution in [0, 0.1) is 0 Å². The number of nitrogens with zero attached hydrogens (tertiary/aromatic N) is 1. The lowest BCUT2D eigenvalue weighted by molar-refractivity contribution is -0.123. The number of carbonyl (C=O) groups is 3. The van der Waals surface area contributed by atoms with Crippen LogP contribution in [-0.2, 0) is 9.53 Å². The molecule has 31 heavy (non-hydrogen) atoms. The Kier molecular flexibility index (Phi) is 6.71. The molecule has 0 aliphatic heterocycles. The number of esters is 1. The Morgan fingerprint density at radius 2 is 1.65 bits per heavy atom. The second-order valence-corrected chi connectivity index (χ2v) is 6.96. The molecule has 1 heterocycles. The summed E-state index contributed by atoms with van der Waals surface area (Å²) in [6.45, 7) is 1.48. The van der Waals surface area contributed by atoms with Crippen molar-refractivity contribution in [2.45, 2.75) is 13.0 Å². The van der Waals surface area contributed by atoms with Crippen molar-refractivity contribution in [3.05, 3.63) is 78.3 Å². The molecule has 8 nitrogen and oxygen atoms in total. The number of furan rings is 1. The Morgan fingerprint density at radius 1 is 0.935 bits per heavy atom. The normalized spacial score (nSPS) is 11.3. The van der Waals surface area contributed by atoms with Crippen molar-refractivity contribution < 1.29 is 23.5 Å². The molecule has 8 heteroatoms. The van der Waals surface area contributed by atoms with Gasteiger partial charge in [-0.05, 0) is 55.5 Å². The maximum Gasteiger partial charge on any atom is 0.341 e. The van der Waals surface area contributed by atoms with E-state index in [1.165, 1.54) is 25.3 Å². The second-order valence-electron chi connectivity index (χ2n) is 6.96. The fourth-order valence-corrected chi connectivity index (χ4v) is 2.73. The summed E-state index contributed by atoms with van der Waals surface area (Å²) in [6.07, 6.45) is 0.332. The van der Waals surface area contributed by atoms with Crippen molar-refractivity contribution in [2.24, 2.45) is 0 Å². The summed E-state index contributed by atoms with van der Waals surface area (Å²) in [5.41, 5.74) is 1.95.